The molecule has 57 heavy (non-hydrogen) atoms. The van der Waals surface area contributed by atoms with Crippen LogP contribution in [0.2, 0.25) is 0 Å². The van der Waals surface area contributed by atoms with Crippen LogP contribution < -0.4 is 5.01 Å². The van der Waals surface area contributed by atoms with E-state index in [0.717, 1.165) is 84.4 Å². The number of likely N-dealkylation sites (tertiary alicyclic amines) is 2. The molecular formula is C46H55N7O4. The Kier molecular flexibility index (Phi) is 8.93. The van der Waals surface area contributed by atoms with Crippen LogP contribution >= 0.6 is 0 Å². The summed E-state index contributed by atoms with van der Waals surface area (Å²) < 4.78 is 13.8. The molecule has 298 valence electrons. The number of hydrogen-bond donors (Lipinski definition) is 1. The number of imidazole rings is 2. The minimum atomic E-state index is -0.557. The van der Waals surface area contributed by atoms with Crippen LogP contribution in [0.5, 0.6) is 0 Å². The van der Waals surface area contributed by atoms with Crippen molar-refractivity contribution in [3.63, 3.8) is 0 Å². The number of ether oxygens (including phenoxy) is 2. The number of carbonyl (C=O) groups is 2. The van der Waals surface area contributed by atoms with Crippen LogP contribution in [-0.4, -0.2) is 79.5 Å². The van der Waals surface area contributed by atoms with Crippen LogP contribution in [0, 0.1) is 5.92 Å². The number of benzene rings is 3. The Hall–Kier alpha value is -5.32. The maximum atomic E-state index is 13.4. The first kappa shape index (κ1) is 37.3. The molecule has 3 fully saturated rings. The topological polar surface area (TPSA) is 109 Å². The Morgan fingerprint density at radius 3 is 2.16 bits per heavy atom. The summed E-state index contributed by atoms with van der Waals surface area (Å²) in [5.74, 6) is 2.10. The molecule has 1 N–H and O–H groups in total. The lowest BCUT2D eigenvalue weighted by Gasteiger charge is -2.35. The Bertz CT molecular complexity index is 2380. The minimum absolute atomic E-state index is 0.0916. The number of nitrogens with one attached hydrogen (secondary N) is 1. The van der Waals surface area contributed by atoms with Gasteiger partial charge in [0, 0.05) is 32.2 Å². The minimum Gasteiger partial charge on any atom is -0.444 e. The first-order chi connectivity index (χ1) is 27.1. The number of H-pyrrole nitrogens is 1. The summed E-state index contributed by atoms with van der Waals surface area (Å²) in [6, 6.07) is 20.0. The third-order valence-electron chi connectivity index (χ3n) is 12.1. The molecule has 2 aliphatic carbocycles. The summed E-state index contributed by atoms with van der Waals surface area (Å²) in [6.45, 7) is 12.1. The highest BCUT2D eigenvalue weighted by Crippen LogP contribution is 2.50. The van der Waals surface area contributed by atoms with Crippen molar-refractivity contribution in [2.45, 2.75) is 116 Å². The van der Waals surface area contributed by atoms with Gasteiger partial charge in [-0.15, -0.1) is 0 Å². The number of carbonyl (C=O) groups excluding carboxylic acids is 2. The van der Waals surface area contributed by atoms with E-state index in [1.165, 1.54) is 27.8 Å². The fraction of sp³-hybridized carbons (Fsp3) is 0.478. The van der Waals surface area contributed by atoms with Crippen LogP contribution in [0.4, 0.5) is 9.59 Å². The van der Waals surface area contributed by atoms with Gasteiger partial charge in [0.05, 0.1) is 35.0 Å². The predicted molar refractivity (Wildman–Crippen MR) is 223 cm³/mol. The largest absolute Gasteiger partial charge is 0.444 e. The number of aryl methyl sites for hydroxylation is 2. The molecule has 2 amide bonds. The molecule has 9 rings (SSSR count). The summed E-state index contributed by atoms with van der Waals surface area (Å²) in [7, 11) is 4.05. The van der Waals surface area contributed by atoms with Crippen molar-refractivity contribution in [2.75, 3.05) is 25.6 Å². The van der Waals surface area contributed by atoms with E-state index in [0.29, 0.717) is 12.5 Å². The molecule has 11 nitrogen and oxygen atoms in total. The quantitative estimate of drug-likeness (QED) is 0.190. The van der Waals surface area contributed by atoms with Crippen LogP contribution in [0.1, 0.15) is 109 Å². The third-order valence-corrected chi connectivity index (χ3v) is 12.1. The van der Waals surface area contributed by atoms with Crippen molar-refractivity contribution in [2.24, 2.45) is 5.92 Å². The zero-order chi connectivity index (χ0) is 40.0. The van der Waals surface area contributed by atoms with Crippen LogP contribution in [0.15, 0.2) is 60.8 Å². The van der Waals surface area contributed by atoms with E-state index in [2.05, 4.69) is 69.3 Å². The Morgan fingerprint density at radius 1 is 0.807 bits per heavy atom. The van der Waals surface area contributed by atoms with E-state index in [-0.39, 0.29) is 30.3 Å². The SMILES string of the molecule is CN(C)n1c(-c2ccc3c(c2)CCc2cc(-c4ccc5nc([C@@H]6[C@H]7CC[C@H](C7)N6C(=O)OC(C)(C)C)[nH]c5c4)ccc2-3)cnc1[C@@H]1CCCN1C(=O)OC(C)(C)C. The molecule has 2 bridgehead atoms. The average Bonchev–Trinajstić information content (AvgIpc) is 4.00. The van der Waals surface area contributed by atoms with E-state index in [1.807, 2.05) is 71.6 Å². The molecule has 0 unspecified atom stereocenters. The van der Waals surface area contributed by atoms with Gasteiger partial charge in [0.25, 0.3) is 0 Å². The van der Waals surface area contributed by atoms with E-state index in [9.17, 15) is 9.59 Å². The number of piperidine rings is 1. The Morgan fingerprint density at radius 2 is 1.46 bits per heavy atom. The Labute approximate surface area is 335 Å². The number of hydrogen-bond acceptors (Lipinski definition) is 7. The van der Waals surface area contributed by atoms with Gasteiger partial charge < -0.3 is 19.5 Å². The highest BCUT2D eigenvalue weighted by Gasteiger charge is 2.51. The second-order valence-electron chi connectivity index (χ2n) is 18.6. The van der Waals surface area contributed by atoms with Gasteiger partial charge in [-0.1, -0.05) is 36.4 Å². The Balaban J connectivity index is 0.967. The van der Waals surface area contributed by atoms with Gasteiger partial charge >= 0.3 is 12.2 Å². The predicted octanol–water partition coefficient (Wildman–Crippen LogP) is 9.59. The highest BCUT2D eigenvalue weighted by atomic mass is 16.6. The van der Waals surface area contributed by atoms with Gasteiger partial charge in [-0.2, -0.15) is 0 Å². The average molecular weight is 770 g/mol. The number of aromatic nitrogens is 4. The summed E-state index contributed by atoms with van der Waals surface area (Å²) in [4.78, 5) is 43.9. The molecule has 0 radical (unpaired) electrons. The first-order valence-corrected chi connectivity index (χ1v) is 20.6. The molecule has 5 aromatic rings. The molecule has 2 aromatic heterocycles. The molecule has 0 spiro atoms. The lowest BCUT2D eigenvalue weighted by atomic mass is 9.83. The van der Waals surface area contributed by atoms with Gasteiger partial charge in [-0.3, -0.25) is 9.80 Å². The van der Waals surface area contributed by atoms with E-state index >= 15 is 0 Å². The van der Waals surface area contributed by atoms with Gasteiger partial charge in [-0.05, 0) is 144 Å². The highest BCUT2D eigenvalue weighted by molar-refractivity contribution is 5.85. The zero-order valence-electron chi connectivity index (χ0n) is 34.6. The maximum absolute atomic E-state index is 13.4. The fourth-order valence-corrected chi connectivity index (χ4v) is 9.78. The van der Waals surface area contributed by atoms with Crippen LogP contribution in [0.25, 0.3) is 44.5 Å². The molecule has 4 atom stereocenters. The number of aromatic amines is 1. The first-order valence-electron chi connectivity index (χ1n) is 20.6. The molecule has 3 aromatic carbocycles. The van der Waals surface area contributed by atoms with Crippen LogP contribution in [-0.2, 0) is 22.3 Å². The monoisotopic (exact) mass is 769 g/mol. The zero-order valence-corrected chi connectivity index (χ0v) is 34.6. The molecule has 2 aliphatic heterocycles. The molecule has 1 saturated carbocycles. The molecule has 4 heterocycles. The normalized spacial score (nSPS) is 21.5. The van der Waals surface area contributed by atoms with Crippen molar-refractivity contribution in [3.05, 3.63) is 83.6 Å². The van der Waals surface area contributed by atoms with E-state index in [1.54, 1.807) is 0 Å². The second kappa shape index (κ2) is 13.7. The van der Waals surface area contributed by atoms with Gasteiger partial charge in [0.2, 0.25) is 0 Å². The van der Waals surface area contributed by atoms with E-state index < -0.39 is 11.2 Å². The third kappa shape index (κ3) is 6.82. The smallest absolute Gasteiger partial charge is 0.411 e. The standard InChI is InChI=1S/C46H55N7O4/c1-45(2,3)56-43(54)51-21-9-10-38(51)42-47-26-39(53(42)50(7)8)31-15-19-35-30(23-31)12-11-29-22-27(14-18-34(29)35)28-16-20-36-37(25-28)49-41(48-36)40-32-13-17-33(24-32)52(40)44(55)57-46(4,5)6/h14-16,18-20,22-23,25-26,32-33,38,40H,9-13,17,21,24H2,1-8H3,(H,48,49)/t32-,33+,38-,40-/m0/s1. The van der Waals surface area contributed by atoms with Gasteiger partial charge in [0.15, 0.2) is 5.82 Å². The van der Waals surface area contributed by atoms with Crippen molar-refractivity contribution < 1.29 is 19.1 Å². The molecule has 11 heteroatoms. The summed E-state index contributed by atoms with van der Waals surface area (Å²) in [5, 5.41) is 2.05. The summed E-state index contributed by atoms with van der Waals surface area (Å²) in [6.07, 6.45) is 8.20. The number of rotatable bonds is 5. The lowest BCUT2D eigenvalue weighted by molar-refractivity contribution is 0.00616. The summed E-state index contributed by atoms with van der Waals surface area (Å²) in [5.41, 5.74) is 10.4. The van der Waals surface area contributed by atoms with Crippen LogP contribution in [0.3, 0.4) is 0 Å². The van der Waals surface area contributed by atoms with Crippen molar-refractivity contribution in [3.8, 4) is 33.5 Å². The lowest BCUT2D eigenvalue weighted by Crippen LogP contribution is -2.43. The number of amides is 2. The van der Waals surface area contributed by atoms with Crippen molar-refractivity contribution >= 4 is 23.2 Å². The number of nitrogens with zero attached hydrogens (tertiary/aromatic N) is 6. The molecule has 4 aliphatic rings. The van der Waals surface area contributed by atoms with Crippen molar-refractivity contribution in [1.29, 1.82) is 0 Å². The maximum Gasteiger partial charge on any atom is 0.411 e. The second-order valence-corrected chi connectivity index (χ2v) is 18.6. The van der Waals surface area contributed by atoms with Crippen molar-refractivity contribution in [1.82, 2.24) is 29.4 Å². The van der Waals surface area contributed by atoms with Gasteiger partial charge in [-0.25, -0.2) is 24.2 Å². The fourth-order valence-electron chi connectivity index (χ4n) is 9.78. The molecular weight excluding hydrogens is 715 g/mol. The molecule has 2 saturated heterocycles. The number of fused-ring (bicyclic) bond motifs is 6. The van der Waals surface area contributed by atoms with Gasteiger partial charge in [0.1, 0.15) is 17.0 Å². The van der Waals surface area contributed by atoms with E-state index in [4.69, 9.17) is 19.4 Å². The summed E-state index contributed by atoms with van der Waals surface area (Å²) >= 11 is 0.